The first-order chi connectivity index (χ1) is 13.1. The number of carbonyl (C=O) groups is 1. The molecule has 0 aliphatic carbocycles. The van der Waals surface area contributed by atoms with E-state index in [1.54, 1.807) is 12.1 Å². The Kier molecular flexibility index (Phi) is 6.61. The van der Waals surface area contributed by atoms with Crippen LogP contribution >= 0.6 is 0 Å². The molecule has 1 amide bonds. The minimum Gasteiger partial charge on any atom is -0.334 e. The van der Waals surface area contributed by atoms with Gasteiger partial charge in [-0.15, -0.1) is 0 Å². The Labute approximate surface area is 161 Å². The molecule has 0 N–H and O–H groups in total. The number of non-ortho nitro benzene ring substituents is 1. The van der Waals surface area contributed by atoms with E-state index in [0.29, 0.717) is 24.4 Å². The van der Waals surface area contributed by atoms with Crippen molar-refractivity contribution in [2.45, 2.75) is 57.5 Å². The summed E-state index contributed by atoms with van der Waals surface area (Å²) in [7, 11) is 0. The minimum absolute atomic E-state index is 0.114. The zero-order valence-electron chi connectivity index (χ0n) is 16.0. The van der Waals surface area contributed by atoms with Gasteiger partial charge >= 0.3 is 0 Å². The number of likely N-dealkylation sites (tertiary alicyclic amines) is 1. The van der Waals surface area contributed by atoms with Crippen molar-refractivity contribution in [3.05, 3.63) is 46.0 Å². The second kappa shape index (κ2) is 9.13. The Bertz CT molecular complexity index is 672. The molecule has 2 bridgehead atoms. The highest BCUT2D eigenvalue weighted by Crippen LogP contribution is 2.31. The number of nitro benzene ring substituents is 1. The van der Waals surface area contributed by atoms with Crippen LogP contribution < -0.4 is 0 Å². The smallest absolute Gasteiger partial charge is 0.269 e. The summed E-state index contributed by atoms with van der Waals surface area (Å²) >= 11 is 0. The number of hydrogen-bond donors (Lipinski definition) is 0. The third-order valence-corrected chi connectivity index (χ3v) is 5.62. The van der Waals surface area contributed by atoms with E-state index in [1.165, 1.54) is 12.1 Å². The minimum atomic E-state index is -0.383. The van der Waals surface area contributed by atoms with Crippen LogP contribution in [0.5, 0.6) is 0 Å². The van der Waals surface area contributed by atoms with Crippen molar-refractivity contribution in [1.29, 1.82) is 0 Å². The Morgan fingerprint density at radius 2 is 1.85 bits per heavy atom. The highest BCUT2D eigenvalue weighted by atomic mass is 16.6. The molecule has 2 aliphatic heterocycles. The van der Waals surface area contributed by atoms with Gasteiger partial charge < -0.3 is 4.90 Å². The fraction of sp³-hybridized carbons (Fsp3) is 0.571. The van der Waals surface area contributed by atoms with E-state index in [2.05, 4.69) is 22.8 Å². The maximum Gasteiger partial charge on any atom is 0.269 e. The van der Waals surface area contributed by atoms with Crippen LogP contribution in [0.3, 0.4) is 0 Å². The molecule has 0 saturated carbocycles. The van der Waals surface area contributed by atoms with Gasteiger partial charge in [-0.25, -0.2) is 0 Å². The van der Waals surface area contributed by atoms with Crippen LogP contribution in [-0.4, -0.2) is 52.3 Å². The van der Waals surface area contributed by atoms with E-state index in [9.17, 15) is 14.9 Å². The van der Waals surface area contributed by atoms with Crippen molar-refractivity contribution >= 4 is 17.7 Å². The van der Waals surface area contributed by atoms with E-state index in [-0.39, 0.29) is 10.6 Å². The number of nitro groups is 1. The number of nitrogens with zero attached hydrogens (tertiary/aromatic N) is 3. The molecule has 2 atom stereocenters. The van der Waals surface area contributed by atoms with Gasteiger partial charge in [0, 0.05) is 50.3 Å². The number of rotatable bonds is 8. The predicted octanol–water partition coefficient (Wildman–Crippen LogP) is 3.86. The molecule has 2 heterocycles. The predicted molar refractivity (Wildman–Crippen MR) is 106 cm³/mol. The summed E-state index contributed by atoms with van der Waals surface area (Å²) in [6.07, 6.45) is 10.3. The molecule has 1 aromatic rings. The molecule has 6 nitrogen and oxygen atoms in total. The van der Waals surface area contributed by atoms with E-state index in [0.717, 1.165) is 57.3 Å². The fourth-order valence-corrected chi connectivity index (χ4v) is 4.25. The molecule has 0 unspecified atom stereocenters. The van der Waals surface area contributed by atoms with Crippen LogP contribution in [0.1, 0.15) is 51.0 Å². The first-order valence-electron chi connectivity index (χ1n) is 10.0. The molecule has 0 radical (unpaired) electrons. The molecule has 2 fully saturated rings. The SMILES string of the molecule is CCCCCC(=O)N1[C@@H]2CC[C@H]1CN(C/C=C/c1ccc([N+](=O)[O-])cc1)C2. The van der Waals surface area contributed by atoms with Gasteiger partial charge in [0.1, 0.15) is 0 Å². The zero-order chi connectivity index (χ0) is 19.2. The monoisotopic (exact) mass is 371 g/mol. The van der Waals surface area contributed by atoms with Crippen LogP contribution in [0.4, 0.5) is 5.69 Å². The largest absolute Gasteiger partial charge is 0.334 e. The van der Waals surface area contributed by atoms with E-state index in [4.69, 9.17) is 0 Å². The lowest BCUT2D eigenvalue weighted by atomic mass is 10.1. The summed E-state index contributed by atoms with van der Waals surface area (Å²) < 4.78 is 0. The number of hydrogen-bond acceptors (Lipinski definition) is 4. The van der Waals surface area contributed by atoms with Crippen LogP contribution in [0.25, 0.3) is 6.08 Å². The second-order valence-electron chi connectivity index (χ2n) is 7.61. The molecule has 146 valence electrons. The summed E-state index contributed by atoms with van der Waals surface area (Å²) in [5.74, 6) is 0.344. The van der Waals surface area contributed by atoms with Gasteiger partial charge in [-0.05, 0) is 37.0 Å². The van der Waals surface area contributed by atoms with Crippen molar-refractivity contribution in [1.82, 2.24) is 9.80 Å². The molecule has 1 aromatic carbocycles. The van der Waals surface area contributed by atoms with E-state index < -0.39 is 0 Å². The van der Waals surface area contributed by atoms with E-state index in [1.807, 2.05) is 6.08 Å². The zero-order valence-corrected chi connectivity index (χ0v) is 16.0. The lowest BCUT2D eigenvalue weighted by molar-refractivity contribution is -0.384. The van der Waals surface area contributed by atoms with E-state index >= 15 is 0 Å². The summed E-state index contributed by atoms with van der Waals surface area (Å²) in [5, 5.41) is 10.7. The first kappa shape index (κ1) is 19.5. The summed E-state index contributed by atoms with van der Waals surface area (Å²) in [6.45, 7) is 4.90. The average molecular weight is 371 g/mol. The number of fused-ring (bicyclic) bond motifs is 2. The standard InChI is InChI=1S/C21H29N3O3/c1-2-3-4-7-21(25)23-19-12-13-20(23)16-22(15-19)14-5-6-17-8-10-18(11-9-17)24(26)27/h5-6,8-11,19-20H,2-4,7,12-16H2,1H3/b6-5+/t19-,20+. The first-order valence-corrected chi connectivity index (χ1v) is 10.0. The van der Waals surface area contributed by atoms with Gasteiger partial charge in [-0.3, -0.25) is 19.8 Å². The summed E-state index contributed by atoms with van der Waals surface area (Å²) in [5.41, 5.74) is 1.08. The number of amides is 1. The fourth-order valence-electron chi connectivity index (χ4n) is 4.25. The summed E-state index contributed by atoms with van der Waals surface area (Å²) in [6, 6.07) is 7.33. The molecule has 0 aromatic heterocycles. The van der Waals surface area contributed by atoms with Gasteiger partial charge in [0.05, 0.1) is 4.92 Å². The molecule has 2 aliphatic rings. The van der Waals surface area contributed by atoms with Crippen molar-refractivity contribution in [2.75, 3.05) is 19.6 Å². The second-order valence-corrected chi connectivity index (χ2v) is 7.61. The lowest BCUT2D eigenvalue weighted by Crippen LogP contribution is -2.55. The molecular weight excluding hydrogens is 342 g/mol. The number of unbranched alkanes of at least 4 members (excludes halogenated alkanes) is 2. The van der Waals surface area contributed by atoms with Crippen LogP contribution in [0.15, 0.2) is 30.3 Å². The third kappa shape index (κ3) is 4.95. The molecule has 2 saturated heterocycles. The Balaban J connectivity index is 1.49. The number of piperazine rings is 1. The molecule has 6 heteroatoms. The Hall–Kier alpha value is -2.21. The maximum absolute atomic E-state index is 12.6. The highest BCUT2D eigenvalue weighted by Gasteiger charge is 2.41. The molecule has 3 rings (SSSR count). The summed E-state index contributed by atoms with van der Waals surface area (Å²) in [4.78, 5) is 27.5. The van der Waals surface area contributed by atoms with Crippen LogP contribution in [0, 0.1) is 10.1 Å². The quantitative estimate of drug-likeness (QED) is 0.395. The maximum atomic E-state index is 12.6. The average Bonchev–Trinajstić information content (AvgIpc) is 2.93. The van der Waals surface area contributed by atoms with Gasteiger partial charge in [-0.2, -0.15) is 0 Å². The third-order valence-electron chi connectivity index (χ3n) is 5.62. The Morgan fingerprint density at radius 1 is 1.19 bits per heavy atom. The van der Waals surface area contributed by atoms with Crippen LogP contribution in [0.2, 0.25) is 0 Å². The van der Waals surface area contributed by atoms with Gasteiger partial charge in [0.2, 0.25) is 5.91 Å². The number of carbonyl (C=O) groups excluding carboxylic acids is 1. The normalized spacial score (nSPS) is 22.5. The Morgan fingerprint density at radius 3 is 2.44 bits per heavy atom. The van der Waals surface area contributed by atoms with Gasteiger partial charge in [-0.1, -0.05) is 31.9 Å². The van der Waals surface area contributed by atoms with Crippen molar-refractivity contribution < 1.29 is 9.72 Å². The van der Waals surface area contributed by atoms with Crippen LogP contribution in [-0.2, 0) is 4.79 Å². The van der Waals surface area contributed by atoms with Gasteiger partial charge in [0.15, 0.2) is 0 Å². The van der Waals surface area contributed by atoms with Crippen molar-refractivity contribution in [3.63, 3.8) is 0 Å². The van der Waals surface area contributed by atoms with Crippen molar-refractivity contribution in [3.8, 4) is 0 Å². The van der Waals surface area contributed by atoms with Gasteiger partial charge in [0.25, 0.3) is 5.69 Å². The lowest BCUT2D eigenvalue weighted by Gasteiger charge is -2.41. The highest BCUT2D eigenvalue weighted by molar-refractivity contribution is 5.77. The van der Waals surface area contributed by atoms with Crippen molar-refractivity contribution in [2.24, 2.45) is 0 Å². The number of benzene rings is 1. The molecule has 0 spiro atoms. The molecule has 27 heavy (non-hydrogen) atoms. The molecular formula is C21H29N3O3. The topological polar surface area (TPSA) is 66.7 Å².